The van der Waals surface area contributed by atoms with E-state index in [-0.39, 0.29) is 11.2 Å². The van der Waals surface area contributed by atoms with Crippen LogP contribution in [0.5, 0.6) is 0 Å². The Morgan fingerprint density at radius 1 is 1.30 bits per heavy atom. The summed E-state index contributed by atoms with van der Waals surface area (Å²) in [4.78, 5) is 4.62. The summed E-state index contributed by atoms with van der Waals surface area (Å²) in [6.45, 7) is 8.58. The van der Waals surface area contributed by atoms with Gasteiger partial charge in [-0.15, -0.1) is 0 Å². The lowest BCUT2D eigenvalue weighted by Crippen LogP contribution is -2.20. The molecule has 4 nitrogen and oxygen atoms in total. The van der Waals surface area contributed by atoms with Crippen LogP contribution in [0.15, 0.2) is 27.8 Å². The smallest absolute Gasteiger partial charge is 0.179 e. The van der Waals surface area contributed by atoms with E-state index in [4.69, 9.17) is 0 Å². The predicted octanol–water partition coefficient (Wildman–Crippen LogP) is 3.64. The van der Waals surface area contributed by atoms with E-state index in [1.807, 2.05) is 32.3 Å². The number of aryl methyl sites for hydroxylation is 1. The van der Waals surface area contributed by atoms with Gasteiger partial charge in [-0.2, -0.15) is 0 Å². The van der Waals surface area contributed by atoms with Crippen LogP contribution in [-0.2, 0) is 16.4 Å². The Morgan fingerprint density at radius 2 is 1.95 bits per heavy atom. The van der Waals surface area contributed by atoms with Crippen molar-refractivity contribution in [3.05, 3.63) is 22.9 Å². The average molecular weight is 359 g/mol. The van der Waals surface area contributed by atoms with E-state index >= 15 is 0 Å². The van der Waals surface area contributed by atoms with Gasteiger partial charge in [0.1, 0.15) is 0 Å². The Morgan fingerprint density at radius 3 is 2.50 bits per heavy atom. The molecule has 0 amide bonds. The molecule has 0 radical (unpaired) electrons. The zero-order valence-electron chi connectivity index (χ0n) is 12.1. The molecule has 1 aromatic carbocycles. The Balaban J connectivity index is 2.57. The van der Waals surface area contributed by atoms with Crippen LogP contribution >= 0.6 is 15.9 Å². The maximum Gasteiger partial charge on any atom is 0.179 e. The number of hydrogen-bond donors (Lipinski definition) is 0. The molecule has 0 unspecified atom stereocenters. The summed E-state index contributed by atoms with van der Waals surface area (Å²) in [5, 5.41) is 0. The summed E-state index contributed by atoms with van der Waals surface area (Å²) in [5.74, 6) is 0.117. The van der Waals surface area contributed by atoms with E-state index < -0.39 is 9.84 Å². The Hall–Kier alpha value is -0.880. The van der Waals surface area contributed by atoms with Crippen molar-refractivity contribution >= 4 is 36.8 Å². The van der Waals surface area contributed by atoms with Crippen LogP contribution < -0.4 is 0 Å². The molecule has 0 atom stereocenters. The molecule has 0 aliphatic rings. The molecule has 2 aromatic rings. The number of rotatable bonds is 3. The first-order valence-electron chi connectivity index (χ1n) is 6.51. The summed E-state index contributed by atoms with van der Waals surface area (Å²) in [6.07, 6.45) is 1.73. The van der Waals surface area contributed by atoms with E-state index in [2.05, 4.69) is 20.9 Å². The summed E-state index contributed by atoms with van der Waals surface area (Å²) in [5.41, 5.74) is 1.36. The number of halogens is 1. The molecule has 6 heteroatoms. The molecule has 0 aliphatic carbocycles. The second-order valence-corrected chi connectivity index (χ2v) is 8.97. The molecule has 110 valence electrons. The fourth-order valence-corrected chi connectivity index (χ4v) is 4.93. The van der Waals surface area contributed by atoms with Crippen LogP contribution in [0.2, 0.25) is 0 Å². The monoisotopic (exact) mass is 358 g/mol. The number of hydrogen-bond acceptors (Lipinski definition) is 3. The minimum absolute atomic E-state index is 0.117. The molecule has 0 bridgehead atoms. The highest BCUT2D eigenvalue weighted by Gasteiger charge is 2.25. The van der Waals surface area contributed by atoms with Crippen LogP contribution in [0, 0.1) is 5.41 Å². The summed E-state index contributed by atoms with van der Waals surface area (Å²) < 4.78 is 27.7. The minimum atomic E-state index is -3.31. The fourth-order valence-electron chi connectivity index (χ4n) is 2.21. The van der Waals surface area contributed by atoms with E-state index in [0.717, 1.165) is 16.5 Å². The van der Waals surface area contributed by atoms with Crippen molar-refractivity contribution in [1.82, 2.24) is 9.55 Å². The Labute approximate surface area is 128 Å². The van der Waals surface area contributed by atoms with Crippen molar-refractivity contribution in [1.29, 1.82) is 0 Å². The second kappa shape index (κ2) is 5.15. The van der Waals surface area contributed by atoms with Gasteiger partial charge < -0.3 is 4.57 Å². The second-order valence-electron chi connectivity index (χ2n) is 6.12. The molecule has 2 rings (SSSR count). The van der Waals surface area contributed by atoms with Gasteiger partial charge in [-0.1, -0.05) is 20.8 Å². The molecule has 1 heterocycles. The maximum atomic E-state index is 12.5. The van der Waals surface area contributed by atoms with Crippen LogP contribution in [0.1, 0.15) is 27.7 Å². The first-order valence-corrected chi connectivity index (χ1v) is 8.96. The van der Waals surface area contributed by atoms with Crippen molar-refractivity contribution in [3.8, 4) is 0 Å². The third-order valence-corrected chi connectivity index (χ3v) is 5.77. The molecular weight excluding hydrogens is 340 g/mol. The number of nitrogens with zero attached hydrogens (tertiary/aromatic N) is 2. The van der Waals surface area contributed by atoms with Crippen molar-refractivity contribution in [3.63, 3.8) is 0 Å². The Kier molecular flexibility index (Phi) is 3.99. The molecule has 0 N–H and O–H groups in total. The summed E-state index contributed by atoms with van der Waals surface area (Å²) >= 11 is 3.47. The molecule has 0 aliphatic heterocycles. The van der Waals surface area contributed by atoms with Crippen molar-refractivity contribution < 1.29 is 8.42 Å². The number of benzene rings is 1. The molecule has 0 saturated heterocycles. The van der Waals surface area contributed by atoms with Crippen molar-refractivity contribution in [2.45, 2.75) is 39.1 Å². The zero-order valence-corrected chi connectivity index (χ0v) is 14.5. The highest BCUT2D eigenvalue weighted by Crippen LogP contribution is 2.30. The van der Waals surface area contributed by atoms with Crippen molar-refractivity contribution in [2.24, 2.45) is 5.41 Å². The van der Waals surface area contributed by atoms with Crippen LogP contribution in [0.4, 0.5) is 0 Å². The SMILES string of the molecule is CCn1cnc2cc(S(=O)(=O)CC(C)(C)C)cc(Br)c21. The number of aromatic nitrogens is 2. The van der Waals surface area contributed by atoms with E-state index in [1.54, 1.807) is 18.5 Å². The normalized spacial score (nSPS) is 13.1. The van der Waals surface area contributed by atoms with Gasteiger partial charge in [0.25, 0.3) is 0 Å². The van der Waals surface area contributed by atoms with Gasteiger partial charge in [-0.3, -0.25) is 0 Å². The third-order valence-electron chi connectivity index (χ3n) is 2.96. The quantitative estimate of drug-likeness (QED) is 0.841. The minimum Gasteiger partial charge on any atom is -0.330 e. The van der Waals surface area contributed by atoms with Gasteiger partial charge in [-0.25, -0.2) is 13.4 Å². The molecule has 0 spiro atoms. The van der Waals surface area contributed by atoms with Gasteiger partial charge in [0.05, 0.1) is 28.0 Å². The maximum absolute atomic E-state index is 12.5. The lowest BCUT2D eigenvalue weighted by atomic mass is 10.0. The number of sulfone groups is 1. The average Bonchev–Trinajstić information content (AvgIpc) is 2.69. The fraction of sp³-hybridized carbons (Fsp3) is 0.500. The lowest BCUT2D eigenvalue weighted by molar-refractivity contribution is 0.462. The summed E-state index contributed by atoms with van der Waals surface area (Å²) in [6, 6.07) is 3.34. The standard InChI is InChI=1S/C14H19BrN2O2S/c1-5-17-9-16-12-7-10(6-11(15)13(12)17)20(18,19)8-14(2,3)4/h6-7,9H,5,8H2,1-4H3. The van der Waals surface area contributed by atoms with Gasteiger partial charge in [-0.05, 0) is 40.4 Å². The highest BCUT2D eigenvalue weighted by atomic mass is 79.9. The molecule has 20 heavy (non-hydrogen) atoms. The van der Waals surface area contributed by atoms with E-state index in [0.29, 0.717) is 10.4 Å². The van der Waals surface area contributed by atoms with Crippen LogP contribution in [0.3, 0.4) is 0 Å². The number of imidazole rings is 1. The highest BCUT2D eigenvalue weighted by molar-refractivity contribution is 9.10. The van der Waals surface area contributed by atoms with Gasteiger partial charge in [0, 0.05) is 11.0 Å². The van der Waals surface area contributed by atoms with Crippen molar-refractivity contribution in [2.75, 3.05) is 5.75 Å². The Bertz CT molecular complexity index is 742. The van der Waals surface area contributed by atoms with E-state index in [1.165, 1.54) is 0 Å². The summed E-state index contributed by atoms with van der Waals surface area (Å²) in [7, 11) is -3.31. The van der Waals surface area contributed by atoms with E-state index in [9.17, 15) is 8.42 Å². The first-order chi connectivity index (χ1) is 9.14. The lowest BCUT2D eigenvalue weighted by Gasteiger charge is -2.18. The molecular formula is C14H19BrN2O2S. The molecule has 0 fully saturated rings. The van der Waals surface area contributed by atoms with Gasteiger partial charge >= 0.3 is 0 Å². The molecule has 1 aromatic heterocycles. The third kappa shape index (κ3) is 3.06. The largest absolute Gasteiger partial charge is 0.330 e. The topological polar surface area (TPSA) is 52.0 Å². The zero-order chi connectivity index (χ0) is 15.1. The van der Waals surface area contributed by atoms with Gasteiger partial charge in [0.15, 0.2) is 9.84 Å². The van der Waals surface area contributed by atoms with Gasteiger partial charge in [0.2, 0.25) is 0 Å². The van der Waals surface area contributed by atoms with Crippen LogP contribution in [-0.4, -0.2) is 23.7 Å². The number of fused-ring (bicyclic) bond motifs is 1. The van der Waals surface area contributed by atoms with Crippen LogP contribution in [0.25, 0.3) is 11.0 Å². The first kappa shape index (κ1) is 15.5. The molecule has 0 saturated carbocycles. The predicted molar refractivity (Wildman–Crippen MR) is 84.6 cm³/mol.